The van der Waals surface area contributed by atoms with Crippen LogP contribution < -0.4 is 11.1 Å². The first-order valence-corrected chi connectivity index (χ1v) is 37.2. The lowest BCUT2D eigenvalue weighted by Crippen LogP contribution is -2.48. The summed E-state index contributed by atoms with van der Waals surface area (Å²) in [5, 5.41) is 13.2. The van der Waals surface area contributed by atoms with Gasteiger partial charge in [0.2, 0.25) is 0 Å². The van der Waals surface area contributed by atoms with Crippen LogP contribution in [0.15, 0.2) is 85.2 Å². The number of aliphatic hydroxyl groups excluding tert-OH is 1. The third-order valence-corrected chi connectivity index (χ3v) is 31.5. The van der Waals surface area contributed by atoms with Gasteiger partial charge in [0.25, 0.3) is 0 Å². The summed E-state index contributed by atoms with van der Waals surface area (Å²) >= 11 is 4.31. The average molecular weight is 1300 g/mol. The highest BCUT2D eigenvalue weighted by atomic mass is 127. The van der Waals surface area contributed by atoms with Gasteiger partial charge in [-0.3, -0.25) is 0 Å². The van der Waals surface area contributed by atoms with E-state index in [4.69, 9.17) is 15.3 Å². The first kappa shape index (κ1) is 64.9. The van der Waals surface area contributed by atoms with Crippen LogP contribution in [0.5, 0.6) is 0 Å². The van der Waals surface area contributed by atoms with Crippen molar-refractivity contribution in [1.82, 2.24) is 15.0 Å². The van der Waals surface area contributed by atoms with E-state index in [0.29, 0.717) is 12.1 Å². The Bertz CT molecular complexity index is 2700. The monoisotopic (exact) mass is 1290 g/mol. The van der Waals surface area contributed by atoms with Gasteiger partial charge in [-0.2, -0.15) is 0 Å². The molecule has 0 unspecified atom stereocenters. The molecule has 0 spiro atoms. The molecule has 6 N–H and O–H groups in total. The van der Waals surface area contributed by atoms with Crippen molar-refractivity contribution in [3.63, 3.8) is 0 Å². The molecule has 3 aromatic heterocycles. The van der Waals surface area contributed by atoms with Crippen molar-refractivity contribution in [2.24, 2.45) is 0 Å². The largest absolute Gasteiger partial charge is 0.416 e. The molecule has 406 valence electrons. The molecule has 0 fully saturated rings. The molecule has 0 atom stereocenters. The molecule has 0 radical (unpaired) electrons. The van der Waals surface area contributed by atoms with Gasteiger partial charge in [-0.25, -0.2) is 17.6 Å². The number of anilines is 1. The number of nitrogen functional groups attached to an aromatic ring is 1. The van der Waals surface area contributed by atoms with E-state index in [1.165, 1.54) is 101 Å². The lowest BCUT2D eigenvalue weighted by Gasteiger charge is -2.28. The Morgan fingerprint density at radius 1 is 0.595 bits per heavy atom. The Kier molecular flexibility index (Phi) is 29.0. The zero-order valence-electron chi connectivity index (χ0n) is 45.8. The fourth-order valence-electron chi connectivity index (χ4n) is 9.54. The molecule has 0 aliphatic carbocycles. The summed E-state index contributed by atoms with van der Waals surface area (Å²) in [5.74, 6) is 2.65. The lowest BCUT2D eigenvalue weighted by atomic mass is 10.1. The minimum absolute atomic E-state index is 0.0868. The number of benzene rings is 4. The smallest absolute Gasteiger partial charge is 0.192 e. The zero-order valence-corrected chi connectivity index (χ0v) is 53.1. The van der Waals surface area contributed by atoms with Crippen LogP contribution in [0.25, 0.3) is 32.7 Å². The van der Waals surface area contributed by atoms with Gasteiger partial charge >= 0.3 is 0 Å². The van der Waals surface area contributed by atoms with Gasteiger partial charge in [0.15, 0.2) is 8.32 Å². The molecule has 0 saturated heterocycles. The van der Waals surface area contributed by atoms with Crippen LogP contribution in [0.2, 0.25) is 54.4 Å². The van der Waals surface area contributed by atoms with Crippen molar-refractivity contribution in [1.29, 1.82) is 0 Å². The summed E-state index contributed by atoms with van der Waals surface area (Å²) in [6.07, 6.45) is 8.41. The Labute approximate surface area is 471 Å². The summed E-state index contributed by atoms with van der Waals surface area (Å²) < 4.78 is 59.7. The van der Waals surface area contributed by atoms with Crippen molar-refractivity contribution < 1.29 is 27.1 Å². The third-order valence-electron chi connectivity index (χ3n) is 15.0. The predicted octanol–water partition coefficient (Wildman–Crippen LogP) is 17.6. The number of rotatable bonds is 19. The van der Waals surface area contributed by atoms with Crippen molar-refractivity contribution in [2.45, 2.75) is 156 Å². The third kappa shape index (κ3) is 18.4. The van der Waals surface area contributed by atoms with E-state index >= 15 is 0 Å². The van der Waals surface area contributed by atoms with Crippen LogP contribution in [0.1, 0.15) is 98.8 Å². The van der Waals surface area contributed by atoms with Crippen molar-refractivity contribution in [3.05, 3.63) is 129 Å². The molecule has 3 heterocycles. The highest BCUT2D eigenvalue weighted by Gasteiger charge is 2.34. The van der Waals surface area contributed by atoms with Gasteiger partial charge in [-0.1, -0.05) is 116 Å². The number of fused-ring (bicyclic) bond motifs is 3. The van der Waals surface area contributed by atoms with Crippen LogP contribution in [0, 0.1) is 38.3 Å². The van der Waals surface area contributed by atoms with Crippen LogP contribution in [0.4, 0.5) is 23.2 Å². The maximum absolute atomic E-state index is 13.6. The van der Waals surface area contributed by atoms with Gasteiger partial charge in [-0.15, -0.1) is 11.5 Å². The minimum atomic E-state index is -1.45. The van der Waals surface area contributed by atoms with Crippen LogP contribution in [-0.2, 0) is 23.7 Å². The van der Waals surface area contributed by atoms with E-state index in [1.807, 2.05) is 34.9 Å². The number of hydrogen-bond donors (Lipinski definition) is 5. The Hall–Kier alpha value is -3.39. The number of aryl methyl sites for hydroxylation is 2. The molecule has 15 heteroatoms. The fraction of sp³-hybridized carbons (Fsp3) is 0.458. The number of hydrogen-bond acceptors (Lipinski definition) is 3. The second-order valence-corrected chi connectivity index (χ2v) is 36.0. The number of aromatic nitrogens is 3. The van der Waals surface area contributed by atoms with Crippen molar-refractivity contribution >= 4 is 113 Å². The van der Waals surface area contributed by atoms with E-state index in [-0.39, 0.29) is 29.9 Å². The number of halogens is 6. The Balaban J connectivity index is 0.000000250. The molecule has 74 heavy (non-hydrogen) atoms. The molecular formula is C59H84F4I2N4O2Si3. The van der Waals surface area contributed by atoms with Gasteiger partial charge in [-0.05, 0) is 168 Å². The SMILES string of the molecule is CCCc1c([Si](CC)(CC)CC)[nH]c2ccc(F)cc12.CC[Si](C#CCCO[Si](CC)(CC)CC)(CC)CC.Fc1ccc2[nH]cc(CCI)c2c1.Nc1ccc(F)cc1I.OCCc1c[nH]c2ccc(F)cc12. The first-order chi connectivity index (χ1) is 35.5. The molecular weight excluding hydrogens is 1210 g/mol. The number of aliphatic hydroxyl groups is 1. The van der Waals surface area contributed by atoms with E-state index in [1.54, 1.807) is 42.6 Å². The quantitative estimate of drug-likeness (QED) is 0.0106. The van der Waals surface area contributed by atoms with Crippen LogP contribution in [-0.4, -0.2) is 62.2 Å². The molecule has 0 saturated carbocycles. The average Bonchev–Trinajstić information content (AvgIpc) is 4.12. The van der Waals surface area contributed by atoms with E-state index in [9.17, 15) is 17.6 Å². The number of nitrogens with one attached hydrogen (secondary N) is 3. The van der Waals surface area contributed by atoms with Gasteiger partial charge < -0.3 is 30.2 Å². The lowest BCUT2D eigenvalue weighted by molar-refractivity contribution is 0.300. The van der Waals surface area contributed by atoms with Gasteiger partial charge in [0.1, 0.15) is 39.4 Å². The van der Waals surface area contributed by atoms with E-state index in [2.05, 4.69) is 118 Å². The van der Waals surface area contributed by atoms with Crippen molar-refractivity contribution in [2.75, 3.05) is 23.4 Å². The second-order valence-electron chi connectivity index (χ2n) is 18.8. The van der Waals surface area contributed by atoms with E-state index in [0.717, 1.165) is 78.6 Å². The molecule has 7 aromatic rings. The molecule has 0 amide bonds. The standard InChI is InChI=1S/C17H26FNSi.C16H34OSi2.C10H9FIN.C10H10FNO.C6H5FIN/c1-5-9-14-15-12-13(18)10-11-16(15)19-17(14)20(6-2,7-3)8-4;1-7-18(8-2,9-3)16-14-13-15-17-19(10-4,11-5)12-6;11-8-1-2-10-9(5-8)7(3-4-12)6-13-10;11-8-1-2-10-9(5-8)7(3-4-13)6-12-10;7-4-1-2-6(9)5(8)3-4/h10-12,19H,5-9H2,1-4H3;7-13,15H2,1-6H3;1-2,5-6,13H,3-4H2;1-2,5-6,12-13H,3-4H2;1-3H,9H2. The maximum Gasteiger partial charge on any atom is 0.192 e. The van der Waals surface area contributed by atoms with E-state index < -0.39 is 24.5 Å². The summed E-state index contributed by atoms with van der Waals surface area (Å²) in [6, 6.07) is 30.3. The predicted molar refractivity (Wildman–Crippen MR) is 335 cm³/mol. The van der Waals surface area contributed by atoms with Crippen molar-refractivity contribution in [3.8, 4) is 11.5 Å². The molecule has 0 bridgehead atoms. The number of H-pyrrole nitrogens is 3. The summed E-state index contributed by atoms with van der Waals surface area (Å²) in [6.45, 7) is 23.9. The van der Waals surface area contributed by atoms with Crippen LogP contribution >= 0.6 is 45.2 Å². The molecule has 0 aliphatic rings. The Morgan fingerprint density at radius 2 is 1.07 bits per heavy atom. The normalized spacial score (nSPS) is 11.4. The highest BCUT2D eigenvalue weighted by molar-refractivity contribution is 14.1. The summed E-state index contributed by atoms with van der Waals surface area (Å²) in [7, 11) is -4.09. The number of alkyl halides is 1. The van der Waals surface area contributed by atoms with Crippen LogP contribution in [0.3, 0.4) is 0 Å². The summed E-state index contributed by atoms with van der Waals surface area (Å²) in [5.41, 5.74) is 16.3. The maximum atomic E-state index is 13.6. The molecule has 0 aliphatic heterocycles. The van der Waals surface area contributed by atoms with Gasteiger partial charge in [0, 0.05) is 83.7 Å². The first-order valence-electron chi connectivity index (χ1n) is 26.8. The van der Waals surface area contributed by atoms with Gasteiger partial charge in [0.05, 0.1) is 0 Å². The minimum Gasteiger partial charge on any atom is -0.416 e. The number of nitrogens with two attached hydrogens (primary N) is 1. The fourth-order valence-corrected chi connectivity index (χ4v) is 19.6. The summed E-state index contributed by atoms with van der Waals surface area (Å²) in [4.78, 5) is 9.82. The molecule has 6 nitrogen and oxygen atoms in total. The topological polar surface area (TPSA) is 103 Å². The Morgan fingerprint density at radius 3 is 1.50 bits per heavy atom. The molecule has 7 rings (SSSR count). The molecule has 4 aromatic carbocycles. The zero-order chi connectivity index (χ0) is 54.9. The highest BCUT2D eigenvalue weighted by Crippen LogP contribution is 2.28. The second kappa shape index (κ2) is 33.0. The number of aromatic amines is 3.